The molecule has 8 heteroatoms. The van der Waals surface area contributed by atoms with Gasteiger partial charge in [0.25, 0.3) is 0 Å². The lowest BCUT2D eigenvalue weighted by Gasteiger charge is -2.28. The van der Waals surface area contributed by atoms with Crippen molar-refractivity contribution in [1.82, 2.24) is 14.8 Å². The number of hydrogen-bond donors (Lipinski definition) is 2. The van der Waals surface area contributed by atoms with Crippen molar-refractivity contribution in [2.24, 2.45) is 7.05 Å². The van der Waals surface area contributed by atoms with Crippen molar-refractivity contribution in [3.8, 4) is 0 Å². The SMILES string of the molecule is Cn1cccc1C(CNC(=O)C(=O)Nc1cccc(N2CCCCC2=O)c1)N1CCCC1. The Hall–Kier alpha value is -3.13. The Labute approximate surface area is 188 Å². The molecule has 2 fully saturated rings. The zero-order valence-corrected chi connectivity index (χ0v) is 18.5. The lowest BCUT2D eigenvalue weighted by molar-refractivity contribution is -0.136. The van der Waals surface area contributed by atoms with Crippen LogP contribution in [-0.4, -0.2) is 53.4 Å². The Morgan fingerprint density at radius 3 is 2.50 bits per heavy atom. The Kier molecular flexibility index (Phi) is 6.90. The standard InChI is InChI=1S/C24H31N5O3/c1-27-12-7-10-20(27)21(28-13-4-5-14-28)17-25-23(31)24(32)26-18-8-6-9-19(16-18)29-15-3-2-11-22(29)30/h6-10,12,16,21H,2-5,11,13-15,17H2,1H3,(H,25,31)(H,26,32). The summed E-state index contributed by atoms with van der Waals surface area (Å²) >= 11 is 0. The summed E-state index contributed by atoms with van der Waals surface area (Å²) in [5.74, 6) is -1.28. The summed E-state index contributed by atoms with van der Waals surface area (Å²) < 4.78 is 2.06. The highest BCUT2D eigenvalue weighted by atomic mass is 16.2. The lowest BCUT2D eigenvalue weighted by atomic mass is 10.1. The number of likely N-dealkylation sites (tertiary alicyclic amines) is 1. The first-order valence-corrected chi connectivity index (χ1v) is 11.4. The fourth-order valence-corrected chi connectivity index (χ4v) is 4.58. The second-order valence-electron chi connectivity index (χ2n) is 8.52. The molecule has 2 aromatic rings. The average molecular weight is 438 g/mol. The minimum atomic E-state index is -0.709. The summed E-state index contributed by atoms with van der Waals surface area (Å²) in [7, 11) is 1.99. The van der Waals surface area contributed by atoms with Crippen LogP contribution < -0.4 is 15.5 Å². The molecule has 8 nitrogen and oxygen atoms in total. The van der Waals surface area contributed by atoms with Crippen LogP contribution in [0.5, 0.6) is 0 Å². The van der Waals surface area contributed by atoms with Crippen LogP contribution >= 0.6 is 0 Å². The number of anilines is 2. The summed E-state index contributed by atoms with van der Waals surface area (Å²) in [5.41, 5.74) is 2.36. The van der Waals surface area contributed by atoms with Gasteiger partial charge in [-0.25, -0.2) is 0 Å². The second kappa shape index (κ2) is 9.99. The number of carbonyl (C=O) groups excluding carboxylic acids is 3. The van der Waals surface area contributed by atoms with Crippen molar-refractivity contribution in [2.45, 2.75) is 38.1 Å². The molecule has 4 rings (SSSR count). The first-order valence-electron chi connectivity index (χ1n) is 11.4. The first-order chi connectivity index (χ1) is 15.5. The molecular formula is C24H31N5O3. The van der Waals surface area contributed by atoms with Crippen LogP contribution in [0, 0.1) is 0 Å². The van der Waals surface area contributed by atoms with E-state index in [4.69, 9.17) is 0 Å². The monoisotopic (exact) mass is 437 g/mol. The molecule has 1 aromatic heterocycles. The number of aryl methyl sites for hydroxylation is 1. The minimum Gasteiger partial charge on any atom is -0.353 e. The molecule has 3 heterocycles. The highest BCUT2D eigenvalue weighted by Gasteiger charge is 2.27. The third-order valence-corrected chi connectivity index (χ3v) is 6.31. The van der Waals surface area contributed by atoms with Gasteiger partial charge in [0.1, 0.15) is 0 Å². The Morgan fingerprint density at radius 2 is 1.78 bits per heavy atom. The quantitative estimate of drug-likeness (QED) is 0.680. The Bertz CT molecular complexity index is 980. The maximum absolute atomic E-state index is 12.5. The Balaban J connectivity index is 1.37. The molecular weight excluding hydrogens is 406 g/mol. The molecule has 0 spiro atoms. The molecule has 0 saturated carbocycles. The smallest absolute Gasteiger partial charge is 0.313 e. The van der Waals surface area contributed by atoms with E-state index in [0.29, 0.717) is 25.2 Å². The van der Waals surface area contributed by atoms with Crippen LogP contribution in [-0.2, 0) is 21.4 Å². The molecule has 0 bridgehead atoms. The van der Waals surface area contributed by atoms with Crippen LogP contribution in [0.1, 0.15) is 43.8 Å². The van der Waals surface area contributed by atoms with Gasteiger partial charge in [-0.2, -0.15) is 0 Å². The van der Waals surface area contributed by atoms with Gasteiger partial charge >= 0.3 is 11.8 Å². The summed E-state index contributed by atoms with van der Waals surface area (Å²) in [6.07, 6.45) is 6.69. The molecule has 2 N–H and O–H groups in total. The van der Waals surface area contributed by atoms with E-state index >= 15 is 0 Å². The maximum atomic E-state index is 12.5. The summed E-state index contributed by atoms with van der Waals surface area (Å²) in [5, 5.41) is 5.48. The van der Waals surface area contributed by atoms with Gasteiger partial charge in [-0.05, 0) is 69.1 Å². The van der Waals surface area contributed by atoms with Crippen molar-refractivity contribution >= 4 is 29.1 Å². The molecule has 1 atom stereocenters. The van der Waals surface area contributed by atoms with E-state index < -0.39 is 11.8 Å². The molecule has 1 aromatic carbocycles. The van der Waals surface area contributed by atoms with E-state index in [-0.39, 0.29) is 11.9 Å². The molecule has 2 saturated heterocycles. The zero-order valence-electron chi connectivity index (χ0n) is 18.5. The van der Waals surface area contributed by atoms with E-state index in [1.807, 2.05) is 25.4 Å². The number of hydrogen-bond acceptors (Lipinski definition) is 4. The topological polar surface area (TPSA) is 86.7 Å². The summed E-state index contributed by atoms with van der Waals surface area (Å²) in [4.78, 5) is 41.4. The van der Waals surface area contributed by atoms with Gasteiger partial charge in [-0.3, -0.25) is 19.3 Å². The largest absolute Gasteiger partial charge is 0.353 e. The van der Waals surface area contributed by atoms with Crippen molar-refractivity contribution < 1.29 is 14.4 Å². The molecule has 170 valence electrons. The minimum absolute atomic E-state index is 0.0303. The van der Waals surface area contributed by atoms with Gasteiger partial charge in [-0.1, -0.05) is 6.07 Å². The van der Waals surface area contributed by atoms with Crippen LogP contribution in [0.3, 0.4) is 0 Å². The van der Waals surface area contributed by atoms with Crippen molar-refractivity contribution in [3.05, 3.63) is 48.3 Å². The second-order valence-corrected chi connectivity index (χ2v) is 8.52. The van der Waals surface area contributed by atoms with E-state index in [0.717, 1.165) is 50.2 Å². The van der Waals surface area contributed by atoms with E-state index in [2.05, 4.69) is 26.2 Å². The van der Waals surface area contributed by atoms with Crippen LogP contribution in [0.15, 0.2) is 42.6 Å². The summed E-state index contributed by atoms with van der Waals surface area (Å²) in [6.45, 7) is 3.01. The lowest BCUT2D eigenvalue weighted by Crippen LogP contribution is -2.42. The molecule has 2 aliphatic heterocycles. The zero-order chi connectivity index (χ0) is 22.5. The number of carbonyl (C=O) groups is 3. The fraction of sp³-hybridized carbons (Fsp3) is 0.458. The number of amides is 3. The van der Waals surface area contributed by atoms with Gasteiger partial charge in [0, 0.05) is 49.8 Å². The van der Waals surface area contributed by atoms with Gasteiger partial charge in [-0.15, -0.1) is 0 Å². The first kappa shape index (κ1) is 22.1. The molecule has 3 amide bonds. The third kappa shape index (κ3) is 5.02. The fourth-order valence-electron chi connectivity index (χ4n) is 4.58. The molecule has 1 unspecified atom stereocenters. The third-order valence-electron chi connectivity index (χ3n) is 6.31. The number of piperidine rings is 1. The molecule has 32 heavy (non-hydrogen) atoms. The predicted octanol–water partition coefficient (Wildman–Crippen LogP) is 2.43. The van der Waals surface area contributed by atoms with Gasteiger partial charge in [0.2, 0.25) is 5.91 Å². The van der Waals surface area contributed by atoms with Crippen LogP contribution in [0.2, 0.25) is 0 Å². The number of rotatable bonds is 6. The van der Waals surface area contributed by atoms with E-state index in [1.54, 1.807) is 23.1 Å². The average Bonchev–Trinajstić information content (AvgIpc) is 3.47. The maximum Gasteiger partial charge on any atom is 0.313 e. The Morgan fingerprint density at radius 1 is 1.00 bits per heavy atom. The number of benzene rings is 1. The highest BCUT2D eigenvalue weighted by molar-refractivity contribution is 6.39. The van der Waals surface area contributed by atoms with Crippen LogP contribution in [0.4, 0.5) is 11.4 Å². The van der Waals surface area contributed by atoms with E-state index in [1.165, 1.54) is 0 Å². The van der Waals surface area contributed by atoms with E-state index in [9.17, 15) is 14.4 Å². The molecule has 2 aliphatic rings. The van der Waals surface area contributed by atoms with Crippen molar-refractivity contribution in [3.63, 3.8) is 0 Å². The summed E-state index contributed by atoms with van der Waals surface area (Å²) in [6, 6.07) is 11.2. The van der Waals surface area contributed by atoms with Crippen LogP contribution in [0.25, 0.3) is 0 Å². The van der Waals surface area contributed by atoms with Crippen molar-refractivity contribution in [1.29, 1.82) is 0 Å². The normalized spacial score (nSPS) is 17.9. The number of nitrogens with one attached hydrogen (secondary N) is 2. The molecule has 0 aliphatic carbocycles. The van der Waals surface area contributed by atoms with Gasteiger partial charge < -0.3 is 20.1 Å². The number of aromatic nitrogens is 1. The van der Waals surface area contributed by atoms with Gasteiger partial charge in [0.05, 0.1) is 6.04 Å². The molecule has 0 radical (unpaired) electrons. The number of nitrogens with zero attached hydrogens (tertiary/aromatic N) is 3. The van der Waals surface area contributed by atoms with Gasteiger partial charge in [0.15, 0.2) is 0 Å². The van der Waals surface area contributed by atoms with Crippen molar-refractivity contribution in [2.75, 3.05) is 36.4 Å². The highest BCUT2D eigenvalue weighted by Crippen LogP contribution is 2.25. The predicted molar refractivity (Wildman–Crippen MR) is 123 cm³/mol.